The molecule has 0 saturated carbocycles. The maximum absolute atomic E-state index is 2.72. The van der Waals surface area contributed by atoms with E-state index >= 15 is 0 Å². The summed E-state index contributed by atoms with van der Waals surface area (Å²) in [6.07, 6.45) is 6.53. The summed E-state index contributed by atoms with van der Waals surface area (Å²) < 4.78 is 0. The number of aryl methyl sites for hydroxylation is 2. The Morgan fingerprint density at radius 2 is 1.74 bits per heavy atom. The molecule has 23 heavy (non-hydrogen) atoms. The standard InChI is InChI=1S/C22H27N/c1-2-7-18(8-3-1)9-6-15-23-16-14-22-20(17-23)13-12-19-10-4-5-11-21(19)22/h1-5,7-8,10-11,20,22H,6,9,12-17H2. The van der Waals surface area contributed by atoms with Crippen molar-refractivity contribution in [1.82, 2.24) is 4.90 Å². The monoisotopic (exact) mass is 305 g/mol. The van der Waals surface area contributed by atoms with Gasteiger partial charge in [0.1, 0.15) is 0 Å². The highest BCUT2D eigenvalue weighted by atomic mass is 15.1. The van der Waals surface area contributed by atoms with Crippen molar-refractivity contribution < 1.29 is 0 Å². The first-order valence-electron chi connectivity index (χ1n) is 9.24. The smallest absolute Gasteiger partial charge is 0.00156 e. The van der Waals surface area contributed by atoms with Crippen LogP contribution < -0.4 is 0 Å². The molecule has 1 heteroatoms. The highest BCUT2D eigenvalue weighted by Gasteiger charge is 2.33. The average molecular weight is 305 g/mol. The van der Waals surface area contributed by atoms with Crippen LogP contribution in [0.15, 0.2) is 54.6 Å². The fourth-order valence-electron chi connectivity index (χ4n) is 4.63. The zero-order chi connectivity index (χ0) is 15.5. The van der Waals surface area contributed by atoms with Gasteiger partial charge in [-0.25, -0.2) is 0 Å². The second-order valence-corrected chi connectivity index (χ2v) is 7.28. The molecule has 1 heterocycles. The molecule has 0 spiro atoms. The lowest BCUT2D eigenvalue weighted by Crippen LogP contribution is -2.41. The first-order valence-corrected chi connectivity index (χ1v) is 9.24. The number of fused-ring (bicyclic) bond motifs is 3. The summed E-state index contributed by atoms with van der Waals surface area (Å²) in [7, 11) is 0. The third kappa shape index (κ3) is 3.35. The zero-order valence-electron chi connectivity index (χ0n) is 14.0. The van der Waals surface area contributed by atoms with E-state index in [1.54, 1.807) is 11.1 Å². The van der Waals surface area contributed by atoms with Crippen LogP contribution in [0.2, 0.25) is 0 Å². The van der Waals surface area contributed by atoms with Crippen molar-refractivity contribution in [3.63, 3.8) is 0 Å². The molecule has 4 rings (SSSR count). The minimum absolute atomic E-state index is 0.824. The molecule has 0 amide bonds. The van der Waals surface area contributed by atoms with Gasteiger partial charge in [0.2, 0.25) is 0 Å². The molecule has 0 N–H and O–H groups in total. The van der Waals surface area contributed by atoms with Gasteiger partial charge in [0, 0.05) is 6.54 Å². The molecule has 0 bridgehead atoms. The molecule has 1 aliphatic heterocycles. The summed E-state index contributed by atoms with van der Waals surface area (Å²) in [4.78, 5) is 2.72. The van der Waals surface area contributed by atoms with Crippen LogP contribution in [0, 0.1) is 5.92 Å². The minimum atomic E-state index is 0.824. The Morgan fingerprint density at radius 1 is 0.913 bits per heavy atom. The van der Waals surface area contributed by atoms with Gasteiger partial charge >= 0.3 is 0 Å². The maximum atomic E-state index is 2.72. The Morgan fingerprint density at radius 3 is 2.65 bits per heavy atom. The van der Waals surface area contributed by atoms with Crippen molar-refractivity contribution in [2.45, 2.75) is 38.0 Å². The van der Waals surface area contributed by atoms with Crippen LogP contribution in [-0.2, 0) is 12.8 Å². The van der Waals surface area contributed by atoms with E-state index in [1.807, 2.05) is 0 Å². The van der Waals surface area contributed by atoms with Gasteiger partial charge in [0.05, 0.1) is 0 Å². The fourth-order valence-corrected chi connectivity index (χ4v) is 4.63. The fraction of sp³-hybridized carbons (Fsp3) is 0.455. The van der Waals surface area contributed by atoms with E-state index in [0.29, 0.717) is 0 Å². The average Bonchev–Trinajstić information content (AvgIpc) is 2.62. The van der Waals surface area contributed by atoms with E-state index in [-0.39, 0.29) is 0 Å². The molecule has 0 aromatic heterocycles. The van der Waals surface area contributed by atoms with Gasteiger partial charge in [-0.2, -0.15) is 0 Å². The second kappa shape index (κ2) is 6.88. The Bertz CT molecular complexity index is 633. The van der Waals surface area contributed by atoms with Gasteiger partial charge in [-0.05, 0) is 73.7 Å². The number of benzene rings is 2. The molecule has 2 aromatic carbocycles. The molecule has 0 radical (unpaired) electrons. The maximum Gasteiger partial charge on any atom is 0.00156 e. The van der Waals surface area contributed by atoms with Crippen molar-refractivity contribution >= 4 is 0 Å². The summed E-state index contributed by atoms with van der Waals surface area (Å²) in [6, 6.07) is 20.1. The summed E-state index contributed by atoms with van der Waals surface area (Å²) in [5.41, 5.74) is 4.76. The molecule has 1 aliphatic carbocycles. The number of likely N-dealkylation sites (tertiary alicyclic amines) is 1. The van der Waals surface area contributed by atoms with Crippen molar-refractivity contribution in [3.8, 4) is 0 Å². The van der Waals surface area contributed by atoms with Crippen LogP contribution in [0.5, 0.6) is 0 Å². The van der Waals surface area contributed by atoms with E-state index in [1.165, 1.54) is 57.3 Å². The third-order valence-corrected chi connectivity index (χ3v) is 5.84. The molecular weight excluding hydrogens is 278 g/mol. The number of piperidine rings is 1. The summed E-state index contributed by atoms with van der Waals surface area (Å²) in [6.45, 7) is 3.86. The minimum Gasteiger partial charge on any atom is -0.303 e. The molecular formula is C22H27N. The predicted octanol–water partition coefficient (Wildman–Crippen LogP) is 4.67. The van der Waals surface area contributed by atoms with Crippen LogP contribution in [0.1, 0.15) is 41.9 Å². The Hall–Kier alpha value is -1.60. The van der Waals surface area contributed by atoms with Gasteiger partial charge < -0.3 is 4.90 Å². The van der Waals surface area contributed by atoms with Crippen LogP contribution in [0.25, 0.3) is 0 Å². The Balaban J connectivity index is 1.32. The molecule has 1 nitrogen and oxygen atoms in total. The van der Waals surface area contributed by atoms with Gasteiger partial charge in [-0.1, -0.05) is 54.6 Å². The van der Waals surface area contributed by atoms with Crippen LogP contribution in [-0.4, -0.2) is 24.5 Å². The van der Waals surface area contributed by atoms with Crippen molar-refractivity contribution in [2.24, 2.45) is 5.92 Å². The lowest BCUT2D eigenvalue weighted by Gasteiger charge is -2.42. The van der Waals surface area contributed by atoms with E-state index in [9.17, 15) is 0 Å². The predicted molar refractivity (Wildman–Crippen MR) is 96.8 cm³/mol. The largest absolute Gasteiger partial charge is 0.303 e. The normalized spacial score (nSPS) is 24.0. The van der Waals surface area contributed by atoms with E-state index in [0.717, 1.165) is 11.8 Å². The SMILES string of the molecule is c1ccc(CCCN2CCC3c4ccccc4CCC3C2)cc1. The van der Waals surface area contributed by atoms with Crippen molar-refractivity contribution in [2.75, 3.05) is 19.6 Å². The number of rotatable bonds is 4. The molecule has 1 saturated heterocycles. The van der Waals surface area contributed by atoms with Crippen molar-refractivity contribution in [1.29, 1.82) is 0 Å². The van der Waals surface area contributed by atoms with Gasteiger partial charge in [0.25, 0.3) is 0 Å². The molecule has 2 aliphatic rings. The number of nitrogens with zero attached hydrogens (tertiary/aromatic N) is 1. The quantitative estimate of drug-likeness (QED) is 0.793. The zero-order valence-corrected chi connectivity index (χ0v) is 14.0. The van der Waals surface area contributed by atoms with Crippen molar-refractivity contribution in [3.05, 3.63) is 71.3 Å². The first-order chi connectivity index (χ1) is 11.4. The van der Waals surface area contributed by atoms with Crippen LogP contribution >= 0.6 is 0 Å². The molecule has 2 aromatic rings. The van der Waals surface area contributed by atoms with E-state index in [4.69, 9.17) is 0 Å². The highest BCUT2D eigenvalue weighted by Crippen LogP contribution is 2.41. The molecule has 2 atom stereocenters. The van der Waals surface area contributed by atoms with Crippen LogP contribution in [0.3, 0.4) is 0 Å². The van der Waals surface area contributed by atoms with Gasteiger partial charge in [-0.15, -0.1) is 0 Å². The molecule has 120 valence electrons. The Kier molecular flexibility index (Phi) is 4.48. The highest BCUT2D eigenvalue weighted by molar-refractivity contribution is 5.34. The molecule has 1 fully saturated rings. The third-order valence-electron chi connectivity index (χ3n) is 5.84. The molecule has 2 unspecified atom stereocenters. The lowest BCUT2D eigenvalue weighted by molar-refractivity contribution is 0.140. The lowest BCUT2D eigenvalue weighted by atomic mass is 9.71. The van der Waals surface area contributed by atoms with Gasteiger partial charge in [0.15, 0.2) is 0 Å². The van der Waals surface area contributed by atoms with Crippen LogP contribution in [0.4, 0.5) is 0 Å². The van der Waals surface area contributed by atoms with E-state index < -0.39 is 0 Å². The topological polar surface area (TPSA) is 3.24 Å². The number of hydrogen-bond donors (Lipinski definition) is 0. The van der Waals surface area contributed by atoms with Gasteiger partial charge in [-0.3, -0.25) is 0 Å². The second-order valence-electron chi connectivity index (χ2n) is 7.28. The summed E-state index contributed by atoms with van der Waals surface area (Å²) in [5.74, 6) is 1.71. The summed E-state index contributed by atoms with van der Waals surface area (Å²) >= 11 is 0. The number of hydrogen-bond acceptors (Lipinski definition) is 1. The van der Waals surface area contributed by atoms with E-state index in [2.05, 4.69) is 59.5 Å². The Labute approximate surface area is 140 Å². The first kappa shape index (κ1) is 15.0. The summed E-state index contributed by atoms with van der Waals surface area (Å²) in [5, 5.41) is 0.